The zero-order valence-electron chi connectivity index (χ0n) is 12.2. The number of carbonyl (C=O) groups is 1. The first-order valence-corrected chi connectivity index (χ1v) is 7.72. The molecular formula is C14H28N4O. The molecule has 2 fully saturated rings. The molecule has 0 aromatic carbocycles. The molecule has 2 saturated heterocycles. The van der Waals surface area contributed by atoms with E-state index in [0.29, 0.717) is 12.6 Å². The van der Waals surface area contributed by atoms with Crippen molar-refractivity contribution < 1.29 is 4.79 Å². The summed E-state index contributed by atoms with van der Waals surface area (Å²) in [5.41, 5.74) is 0. The largest absolute Gasteiger partial charge is 0.352 e. The topological polar surface area (TPSA) is 47.6 Å². The van der Waals surface area contributed by atoms with Crippen LogP contribution in [0, 0.1) is 0 Å². The summed E-state index contributed by atoms with van der Waals surface area (Å²) in [6.07, 6.45) is 3.34. The standard InChI is InChI=1S/C14H28N4O/c1-2-17-9-4-13(5-10-17)16-14(19)12-18-8-3-6-15-7-11-18/h13,15H,2-12H2,1H3,(H,16,19). The first-order chi connectivity index (χ1) is 9.28. The summed E-state index contributed by atoms with van der Waals surface area (Å²) in [5, 5.41) is 6.57. The smallest absolute Gasteiger partial charge is 0.234 e. The maximum absolute atomic E-state index is 12.1. The second-order valence-electron chi connectivity index (χ2n) is 5.66. The normalized spacial score (nSPS) is 24.1. The average molecular weight is 268 g/mol. The number of carbonyl (C=O) groups excluding carboxylic acids is 1. The minimum Gasteiger partial charge on any atom is -0.352 e. The van der Waals surface area contributed by atoms with Crippen LogP contribution in [0.5, 0.6) is 0 Å². The minimum absolute atomic E-state index is 0.205. The average Bonchev–Trinajstić information content (AvgIpc) is 2.68. The fourth-order valence-electron chi connectivity index (χ4n) is 2.93. The highest BCUT2D eigenvalue weighted by molar-refractivity contribution is 5.78. The zero-order valence-corrected chi connectivity index (χ0v) is 12.2. The van der Waals surface area contributed by atoms with E-state index in [2.05, 4.69) is 27.4 Å². The van der Waals surface area contributed by atoms with Gasteiger partial charge >= 0.3 is 0 Å². The van der Waals surface area contributed by atoms with Gasteiger partial charge in [-0.3, -0.25) is 9.69 Å². The van der Waals surface area contributed by atoms with Gasteiger partial charge in [0.15, 0.2) is 0 Å². The van der Waals surface area contributed by atoms with Crippen molar-refractivity contribution in [2.75, 3.05) is 52.4 Å². The molecule has 0 aromatic rings. The van der Waals surface area contributed by atoms with Gasteiger partial charge in [-0.05, 0) is 38.9 Å². The van der Waals surface area contributed by atoms with Crippen molar-refractivity contribution in [1.82, 2.24) is 20.4 Å². The Hall–Kier alpha value is -0.650. The lowest BCUT2D eigenvalue weighted by atomic mass is 10.1. The number of hydrogen-bond donors (Lipinski definition) is 2. The molecule has 0 aromatic heterocycles. The molecule has 19 heavy (non-hydrogen) atoms. The van der Waals surface area contributed by atoms with E-state index in [1.807, 2.05) is 0 Å². The molecule has 2 aliphatic rings. The van der Waals surface area contributed by atoms with Crippen molar-refractivity contribution in [3.63, 3.8) is 0 Å². The molecule has 2 aliphatic heterocycles. The number of likely N-dealkylation sites (tertiary alicyclic amines) is 1. The van der Waals surface area contributed by atoms with Crippen molar-refractivity contribution in [1.29, 1.82) is 0 Å². The fourth-order valence-corrected chi connectivity index (χ4v) is 2.93. The first-order valence-electron chi connectivity index (χ1n) is 7.72. The molecule has 110 valence electrons. The third kappa shape index (κ3) is 5.09. The Bertz CT molecular complexity index is 269. The number of nitrogens with one attached hydrogen (secondary N) is 2. The monoisotopic (exact) mass is 268 g/mol. The third-order valence-corrected chi connectivity index (χ3v) is 4.20. The number of nitrogens with zero attached hydrogens (tertiary/aromatic N) is 2. The first kappa shape index (κ1) is 14.8. The minimum atomic E-state index is 0.205. The lowest BCUT2D eigenvalue weighted by Gasteiger charge is -2.32. The predicted molar refractivity (Wildman–Crippen MR) is 77.2 cm³/mol. The zero-order chi connectivity index (χ0) is 13.5. The second kappa shape index (κ2) is 7.82. The highest BCUT2D eigenvalue weighted by Gasteiger charge is 2.20. The van der Waals surface area contributed by atoms with Crippen LogP contribution in [0.2, 0.25) is 0 Å². The van der Waals surface area contributed by atoms with E-state index in [-0.39, 0.29) is 5.91 Å². The molecule has 0 atom stereocenters. The van der Waals surface area contributed by atoms with Crippen LogP contribution in [0.4, 0.5) is 0 Å². The van der Waals surface area contributed by atoms with Crippen molar-refractivity contribution in [3.8, 4) is 0 Å². The van der Waals surface area contributed by atoms with Gasteiger partial charge in [-0.1, -0.05) is 6.92 Å². The maximum atomic E-state index is 12.1. The maximum Gasteiger partial charge on any atom is 0.234 e. The summed E-state index contributed by atoms with van der Waals surface area (Å²) in [6.45, 7) is 10.2. The van der Waals surface area contributed by atoms with Crippen LogP contribution in [-0.4, -0.2) is 74.1 Å². The van der Waals surface area contributed by atoms with Crippen LogP contribution in [0.1, 0.15) is 26.2 Å². The van der Waals surface area contributed by atoms with Crippen molar-refractivity contribution in [2.24, 2.45) is 0 Å². The Morgan fingerprint density at radius 1 is 1.16 bits per heavy atom. The number of amides is 1. The molecule has 0 aliphatic carbocycles. The molecule has 0 bridgehead atoms. The highest BCUT2D eigenvalue weighted by Crippen LogP contribution is 2.09. The molecule has 2 rings (SSSR count). The van der Waals surface area contributed by atoms with Crippen molar-refractivity contribution in [3.05, 3.63) is 0 Å². The lowest BCUT2D eigenvalue weighted by molar-refractivity contribution is -0.123. The van der Waals surface area contributed by atoms with E-state index in [9.17, 15) is 4.79 Å². The van der Waals surface area contributed by atoms with Gasteiger partial charge < -0.3 is 15.5 Å². The van der Waals surface area contributed by atoms with Gasteiger partial charge in [-0.15, -0.1) is 0 Å². The van der Waals surface area contributed by atoms with E-state index in [4.69, 9.17) is 0 Å². The summed E-state index contributed by atoms with van der Waals surface area (Å²) in [7, 11) is 0. The van der Waals surface area contributed by atoms with Gasteiger partial charge in [0, 0.05) is 32.2 Å². The second-order valence-corrected chi connectivity index (χ2v) is 5.66. The molecule has 0 unspecified atom stereocenters. The predicted octanol–water partition coefficient (Wildman–Crippen LogP) is -0.118. The Balaban J connectivity index is 1.66. The van der Waals surface area contributed by atoms with Crippen LogP contribution in [0.25, 0.3) is 0 Å². The van der Waals surface area contributed by atoms with Gasteiger partial charge in [0.05, 0.1) is 6.54 Å². The van der Waals surface area contributed by atoms with Crippen LogP contribution >= 0.6 is 0 Å². The fraction of sp³-hybridized carbons (Fsp3) is 0.929. The Labute approximate surface area is 116 Å². The molecule has 1 amide bonds. The van der Waals surface area contributed by atoms with Crippen LogP contribution in [0.15, 0.2) is 0 Å². The number of piperidine rings is 1. The summed E-state index contributed by atoms with van der Waals surface area (Å²) in [5.74, 6) is 0.205. The molecule has 2 N–H and O–H groups in total. The van der Waals surface area contributed by atoms with E-state index in [0.717, 1.165) is 65.1 Å². The van der Waals surface area contributed by atoms with E-state index in [1.54, 1.807) is 0 Å². The lowest BCUT2D eigenvalue weighted by Crippen LogP contribution is -2.47. The molecule has 5 heteroatoms. The molecule has 0 spiro atoms. The number of rotatable bonds is 4. The van der Waals surface area contributed by atoms with Gasteiger partial charge in [0.2, 0.25) is 5.91 Å². The molecule has 5 nitrogen and oxygen atoms in total. The van der Waals surface area contributed by atoms with Crippen molar-refractivity contribution in [2.45, 2.75) is 32.2 Å². The SMILES string of the molecule is CCN1CCC(NC(=O)CN2CCCNCC2)CC1. The summed E-state index contributed by atoms with van der Waals surface area (Å²) < 4.78 is 0. The summed E-state index contributed by atoms with van der Waals surface area (Å²) in [4.78, 5) is 16.8. The van der Waals surface area contributed by atoms with E-state index >= 15 is 0 Å². The number of hydrogen-bond acceptors (Lipinski definition) is 4. The molecule has 0 saturated carbocycles. The third-order valence-electron chi connectivity index (χ3n) is 4.20. The van der Waals surface area contributed by atoms with Crippen molar-refractivity contribution >= 4 is 5.91 Å². The summed E-state index contributed by atoms with van der Waals surface area (Å²) in [6, 6.07) is 0.389. The van der Waals surface area contributed by atoms with Crippen LogP contribution in [-0.2, 0) is 4.79 Å². The Kier molecular flexibility index (Phi) is 6.07. The highest BCUT2D eigenvalue weighted by atomic mass is 16.2. The van der Waals surface area contributed by atoms with Crippen LogP contribution < -0.4 is 10.6 Å². The van der Waals surface area contributed by atoms with E-state index in [1.165, 1.54) is 0 Å². The molecular weight excluding hydrogens is 240 g/mol. The van der Waals surface area contributed by atoms with Gasteiger partial charge in [0.25, 0.3) is 0 Å². The summed E-state index contributed by atoms with van der Waals surface area (Å²) >= 11 is 0. The Morgan fingerprint density at radius 2 is 1.95 bits per heavy atom. The van der Waals surface area contributed by atoms with E-state index < -0.39 is 0 Å². The molecule has 2 heterocycles. The molecule has 0 radical (unpaired) electrons. The van der Waals surface area contributed by atoms with Crippen LogP contribution in [0.3, 0.4) is 0 Å². The Morgan fingerprint density at radius 3 is 2.68 bits per heavy atom. The van der Waals surface area contributed by atoms with Gasteiger partial charge in [-0.25, -0.2) is 0 Å². The van der Waals surface area contributed by atoms with Gasteiger partial charge in [0.1, 0.15) is 0 Å². The van der Waals surface area contributed by atoms with Gasteiger partial charge in [-0.2, -0.15) is 0 Å². The quantitative estimate of drug-likeness (QED) is 0.746.